The molecule has 0 radical (unpaired) electrons. The molecule has 1 saturated carbocycles. The molecule has 0 spiro atoms. The first-order valence-electron chi connectivity index (χ1n) is 7.77. The first kappa shape index (κ1) is 16.2. The minimum absolute atomic E-state index is 0.00664. The zero-order chi connectivity index (χ0) is 15.8. The second-order valence-electron chi connectivity index (χ2n) is 5.62. The van der Waals surface area contributed by atoms with E-state index in [1.54, 1.807) is 12.3 Å². The molecular weight excluding hydrogens is 278 g/mol. The Hall–Kier alpha value is -2.17. The smallest absolute Gasteiger partial charge is 0.223 e. The van der Waals surface area contributed by atoms with Gasteiger partial charge in [-0.3, -0.25) is 14.6 Å². The van der Waals surface area contributed by atoms with Gasteiger partial charge in [-0.2, -0.15) is 0 Å². The van der Waals surface area contributed by atoms with Crippen molar-refractivity contribution in [2.45, 2.75) is 32.2 Å². The van der Waals surface area contributed by atoms with E-state index in [4.69, 9.17) is 0 Å². The lowest BCUT2D eigenvalue weighted by atomic mass is 9.81. The molecule has 1 aliphatic carbocycles. The molecule has 0 aliphatic heterocycles. The molecule has 0 saturated heterocycles. The number of nitrogens with zero attached hydrogens (tertiary/aromatic N) is 1. The van der Waals surface area contributed by atoms with E-state index in [9.17, 15) is 9.59 Å². The van der Waals surface area contributed by atoms with Gasteiger partial charge in [0.1, 0.15) is 0 Å². The number of carbonyl (C=O) groups is 2. The van der Waals surface area contributed by atoms with Crippen molar-refractivity contribution in [1.29, 1.82) is 0 Å². The summed E-state index contributed by atoms with van der Waals surface area (Å²) in [4.78, 5) is 28.2. The van der Waals surface area contributed by atoms with Gasteiger partial charge in [-0.15, -0.1) is 6.58 Å². The molecule has 2 rings (SSSR count). The second kappa shape index (κ2) is 8.32. The van der Waals surface area contributed by atoms with E-state index in [0.29, 0.717) is 13.1 Å². The van der Waals surface area contributed by atoms with Crippen LogP contribution >= 0.6 is 0 Å². The maximum atomic E-state index is 12.2. The number of hydrogen-bond donors (Lipinski definition) is 2. The van der Waals surface area contributed by atoms with Crippen LogP contribution in [0, 0.1) is 11.8 Å². The van der Waals surface area contributed by atoms with Crippen molar-refractivity contribution in [3.63, 3.8) is 0 Å². The highest BCUT2D eigenvalue weighted by molar-refractivity contribution is 5.81. The molecule has 0 atom stereocenters. The topological polar surface area (TPSA) is 71.1 Å². The third kappa shape index (κ3) is 4.69. The number of rotatable bonds is 6. The van der Waals surface area contributed by atoms with E-state index >= 15 is 0 Å². The molecule has 0 unspecified atom stereocenters. The summed E-state index contributed by atoms with van der Waals surface area (Å²) in [5.74, 6) is 0.176. The Morgan fingerprint density at radius 2 is 1.77 bits per heavy atom. The van der Waals surface area contributed by atoms with Crippen molar-refractivity contribution in [2.24, 2.45) is 11.8 Å². The molecule has 1 aromatic rings. The molecule has 5 nitrogen and oxygen atoms in total. The molecule has 1 fully saturated rings. The van der Waals surface area contributed by atoms with Crippen molar-refractivity contribution in [3.05, 3.63) is 42.7 Å². The number of aromatic nitrogens is 1. The Bertz CT molecular complexity index is 508. The van der Waals surface area contributed by atoms with Crippen molar-refractivity contribution >= 4 is 11.8 Å². The first-order valence-corrected chi connectivity index (χ1v) is 7.77. The molecule has 0 aromatic carbocycles. The lowest BCUT2D eigenvalue weighted by Crippen LogP contribution is -2.37. The highest BCUT2D eigenvalue weighted by Gasteiger charge is 2.29. The summed E-state index contributed by atoms with van der Waals surface area (Å²) in [6.07, 6.45) is 6.46. The number of carbonyl (C=O) groups excluding carboxylic acids is 2. The van der Waals surface area contributed by atoms with Crippen LogP contribution < -0.4 is 10.6 Å². The van der Waals surface area contributed by atoms with Crippen molar-refractivity contribution in [2.75, 3.05) is 6.54 Å². The summed E-state index contributed by atoms with van der Waals surface area (Å²) >= 11 is 0. The van der Waals surface area contributed by atoms with Gasteiger partial charge in [0.25, 0.3) is 0 Å². The van der Waals surface area contributed by atoms with Crippen LogP contribution in [0.5, 0.6) is 0 Å². The summed E-state index contributed by atoms with van der Waals surface area (Å²) in [5.41, 5.74) is 0.855. The lowest BCUT2D eigenvalue weighted by molar-refractivity contribution is -0.130. The van der Waals surface area contributed by atoms with Crippen molar-refractivity contribution in [1.82, 2.24) is 15.6 Å². The van der Waals surface area contributed by atoms with Crippen LogP contribution in [0.2, 0.25) is 0 Å². The van der Waals surface area contributed by atoms with E-state index in [2.05, 4.69) is 22.2 Å². The molecule has 1 heterocycles. The van der Waals surface area contributed by atoms with E-state index in [-0.39, 0.29) is 23.7 Å². The Kier molecular flexibility index (Phi) is 6.13. The largest absolute Gasteiger partial charge is 0.352 e. The predicted octanol–water partition coefficient (Wildman–Crippen LogP) is 1.81. The molecule has 1 aromatic heterocycles. The maximum absolute atomic E-state index is 12.2. The molecular formula is C17H23N3O2. The summed E-state index contributed by atoms with van der Waals surface area (Å²) in [6, 6.07) is 5.65. The minimum Gasteiger partial charge on any atom is -0.352 e. The second-order valence-corrected chi connectivity index (χ2v) is 5.62. The maximum Gasteiger partial charge on any atom is 0.223 e. The fraction of sp³-hybridized carbons (Fsp3) is 0.471. The van der Waals surface area contributed by atoms with Crippen LogP contribution in [-0.2, 0) is 16.1 Å². The van der Waals surface area contributed by atoms with Crippen molar-refractivity contribution < 1.29 is 9.59 Å². The Labute approximate surface area is 131 Å². The van der Waals surface area contributed by atoms with Crippen LogP contribution in [0.25, 0.3) is 0 Å². The van der Waals surface area contributed by atoms with Gasteiger partial charge >= 0.3 is 0 Å². The molecule has 5 heteroatoms. The van der Waals surface area contributed by atoms with Crippen LogP contribution in [0.3, 0.4) is 0 Å². The Morgan fingerprint density at radius 3 is 2.32 bits per heavy atom. The van der Waals surface area contributed by atoms with Crippen LogP contribution in [-0.4, -0.2) is 23.3 Å². The molecule has 22 heavy (non-hydrogen) atoms. The Morgan fingerprint density at radius 1 is 1.14 bits per heavy atom. The van der Waals surface area contributed by atoms with Crippen LogP contribution in [0.1, 0.15) is 31.4 Å². The van der Waals surface area contributed by atoms with Gasteiger partial charge in [-0.05, 0) is 37.8 Å². The van der Waals surface area contributed by atoms with Gasteiger partial charge < -0.3 is 10.6 Å². The van der Waals surface area contributed by atoms with Gasteiger partial charge in [0.2, 0.25) is 11.8 Å². The van der Waals surface area contributed by atoms with E-state index in [0.717, 1.165) is 31.4 Å². The fourth-order valence-corrected chi connectivity index (χ4v) is 2.76. The lowest BCUT2D eigenvalue weighted by Gasteiger charge is -2.26. The van der Waals surface area contributed by atoms with E-state index in [1.807, 2.05) is 18.2 Å². The van der Waals surface area contributed by atoms with Gasteiger partial charge in [-0.1, -0.05) is 12.1 Å². The molecule has 0 bridgehead atoms. The normalized spacial score (nSPS) is 20.9. The molecule has 2 amide bonds. The highest BCUT2D eigenvalue weighted by Crippen LogP contribution is 2.29. The fourth-order valence-electron chi connectivity index (χ4n) is 2.76. The summed E-state index contributed by atoms with van der Waals surface area (Å²) in [7, 11) is 0. The average molecular weight is 301 g/mol. The quantitative estimate of drug-likeness (QED) is 0.787. The van der Waals surface area contributed by atoms with Crippen LogP contribution in [0.15, 0.2) is 37.1 Å². The predicted molar refractivity (Wildman–Crippen MR) is 84.7 cm³/mol. The summed E-state index contributed by atoms with van der Waals surface area (Å²) in [6.45, 7) is 4.55. The van der Waals surface area contributed by atoms with Gasteiger partial charge in [0.15, 0.2) is 0 Å². The Balaban J connectivity index is 1.73. The third-order valence-electron chi connectivity index (χ3n) is 4.06. The molecule has 2 N–H and O–H groups in total. The highest BCUT2D eigenvalue weighted by atomic mass is 16.2. The number of amides is 2. The summed E-state index contributed by atoms with van der Waals surface area (Å²) in [5, 5.41) is 5.76. The third-order valence-corrected chi connectivity index (χ3v) is 4.06. The zero-order valence-corrected chi connectivity index (χ0v) is 12.8. The number of hydrogen-bond acceptors (Lipinski definition) is 3. The molecule has 118 valence electrons. The monoisotopic (exact) mass is 301 g/mol. The molecule has 1 aliphatic rings. The van der Waals surface area contributed by atoms with Gasteiger partial charge in [0, 0.05) is 24.6 Å². The SMILES string of the molecule is C=CCNC(=O)C1CCC(C(=O)NCc2ccccn2)CC1. The van der Waals surface area contributed by atoms with Crippen LogP contribution in [0.4, 0.5) is 0 Å². The van der Waals surface area contributed by atoms with Gasteiger partial charge in [-0.25, -0.2) is 0 Å². The van der Waals surface area contributed by atoms with Gasteiger partial charge in [0.05, 0.1) is 12.2 Å². The van der Waals surface area contributed by atoms with E-state index < -0.39 is 0 Å². The number of pyridine rings is 1. The average Bonchev–Trinajstić information content (AvgIpc) is 2.58. The van der Waals surface area contributed by atoms with E-state index in [1.165, 1.54) is 0 Å². The number of nitrogens with one attached hydrogen (secondary N) is 2. The minimum atomic E-state index is 0.00664. The first-order chi connectivity index (χ1) is 10.7. The standard InChI is InChI=1S/C17H23N3O2/c1-2-10-19-16(21)13-6-8-14(9-7-13)17(22)20-12-15-5-3-4-11-18-15/h2-5,11,13-14H,1,6-10,12H2,(H,19,21)(H,20,22). The zero-order valence-electron chi connectivity index (χ0n) is 12.8. The summed E-state index contributed by atoms with van der Waals surface area (Å²) < 4.78 is 0. The van der Waals surface area contributed by atoms with Crippen molar-refractivity contribution in [3.8, 4) is 0 Å².